The molecule has 0 saturated heterocycles. The molecule has 0 atom stereocenters. The first kappa shape index (κ1) is 15.9. The van der Waals surface area contributed by atoms with E-state index in [1.54, 1.807) is 7.11 Å². The van der Waals surface area contributed by atoms with Crippen LogP contribution in [0.4, 0.5) is 11.9 Å². The lowest BCUT2D eigenvalue weighted by atomic mass is 10.2. The van der Waals surface area contributed by atoms with Gasteiger partial charge in [0.15, 0.2) is 0 Å². The molecule has 0 bridgehead atoms. The largest absolute Gasteiger partial charge is 0.385 e. The molecule has 7 heteroatoms. The van der Waals surface area contributed by atoms with Crippen molar-refractivity contribution >= 4 is 23.5 Å². The first-order valence-corrected chi connectivity index (χ1v) is 7.02. The topological polar surface area (TPSA) is 72.0 Å². The van der Waals surface area contributed by atoms with Crippen LogP contribution in [0.3, 0.4) is 0 Å². The van der Waals surface area contributed by atoms with Crippen LogP contribution in [-0.4, -0.2) is 41.8 Å². The van der Waals surface area contributed by atoms with Crippen molar-refractivity contribution in [1.29, 1.82) is 0 Å². The Balaban J connectivity index is 2.34. The predicted molar refractivity (Wildman–Crippen MR) is 77.8 cm³/mol. The third kappa shape index (κ3) is 7.12. The van der Waals surface area contributed by atoms with E-state index in [1.807, 2.05) is 0 Å². The summed E-state index contributed by atoms with van der Waals surface area (Å²) >= 11 is 5.85. The number of aromatic nitrogens is 3. The van der Waals surface area contributed by atoms with Crippen LogP contribution in [0.1, 0.15) is 32.6 Å². The van der Waals surface area contributed by atoms with Crippen molar-refractivity contribution in [2.75, 3.05) is 37.4 Å². The van der Waals surface area contributed by atoms with Crippen LogP contribution >= 0.6 is 11.6 Å². The average molecular weight is 288 g/mol. The summed E-state index contributed by atoms with van der Waals surface area (Å²) in [5.74, 6) is 1.04. The fourth-order valence-electron chi connectivity index (χ4n) is 1.49. The monoisotopic (exact) mass is 287 g/mol. The summed E-state index contributed by atoms with van der Waals surface area (Å²) in [5.41, 5.74) is 0. The molecule has 0 aromatic carbocycles. The summed E-state index contributed by atoms with van der Waals surface area (Å²) in [6.07, 6.45) is 4.23. The molecule has 1 heterocycles. The van der Waals surface area contributed by atoms with Gasteiger partial charge in [-0.1, -0.05) is 6.92 Å². The number of nitrogens with zero attached hydrogens (tertiary/aromatic N) is 3. The molecule has 19 heavy (non-hydrogen) atoms. The number of halogens is 1. The molecular formula is C12H22ClN5O. The van der Waals surface area contributed by atoms with Crippen LogP contribution in [0.5, 0.6) is 0 Å². The molecule has 1 aromatic heterocycles. The van der Waals surface area contributed by atoms with E-state index in [-0.39, 0.29) is 5.28 Å². The number of rotatable bonds is 10. The molecule has 0 radical (unpaired) electrons. The van der Waals surface area contributed by atoms with Crippen LogP contribution in [0.25, 0.3) is 0 Å². The summed E-state index contributed by atoms with van der Waals surface area (Å²) in [6.45, 7) is 4.52. The third-order valence-corrected chi connectivity index (χ3v) is 2.62. The smallest absolute Gasteiger partial charge is 0.228 e. The second-order valence-corrected chi connectivity index (χ2v) is 4.50. The third-order valence-electron chi connectivity index (χ3n) is 2.45. The zero-order valence-corrected chi connectivity index (χ0v) is 12.3. The molecule has 0 spiro atoms. The molecular weight excluding hydrogens is 266 g/mol. The Morgan fingerprint density at radius 2 is 1.68 bits per heavy atom. The van der Waals surface area contributed by atoms with E-state index in [2.05, 4.69) is 32.5 Å². The van der Waals surface area contributed by atoms with E-state index < -0.39 is 0 Å². The molecule has 108 valence electrons. The molecule has 0 unspecified atom stereocenters. The molecule has 1 aromatic rings. The first-order valence-electron chi connectivity index (χ1n) is 6.64. The Kier molecular flexibility index (Phi) is 8.16. The SMILES string of the molecule is CCCNc1nc(Cl)nc(NCCCCCOC)n1. The van der Waals surface area contributed by atoms with Crippen LogP contribution in [-0.2, 0) is 4.74 Å². The van der Waals surface area contributed by atoms with Gasteiger partial charge in [0.2, 0.25) is 17.2 Å². The van der Waals surface area contributed by atoms with Gasteiger partial charge in [-0.25, -0.2) is 0 Å². The average Bonchev–Trinajstić information content (AvgIpc) is 2.40. The van der Waals surface area contributed by atoms with Gasteiger partial charge in [-0.05, 0) is 37.3 Å². The van der Waals surface area contributed by atoms with Crippen molar-refractivity contribution in [2.45, 2.75) is 32.6 Å². The molecule has 2 N–H and O–H groups in total. The van der Waals surface area contributed by atoms with Gasteiger partial charge in [-0.15, -0.1) is 0 Å². The van der Waals surface area contributed by atoms with E-state index in [1.165, 1.54) is 0 Å². The minimum absolute atomic E-state index is 0.204. The standard InChI is InChI=1S/C12H22ClN5O/c1-3-7-14-11-16-10(13)17-12(18-11)15-8-5-4-6-9-19-2/h3-9H2,1-2H3,(H2,14,15,16,17,18). The Morgan fingerprint density at radius 1 is 1.00 bits per heavy atom. The highest BCUT2D eigenvalue weighted by atomic mass is 35.5. The molecule has 0 aliphatic heterocycles. The van der Waals surface area contributed by atoms with Crippen LogP contribution in [0.2, 0.25) is 5.28 Å². The maximum absolute atomic E-state index is 5.85. The fraction of sp³-hybridized carbons (Fsp3) is 0.750. The summed E-state index contributed by atoms with van der Waals surface area (Å²) in [4.78, 5) is 12.3. The number of unbranched alkanes of at least 4 members (excludes halogenated alkanes) is 2. The molecule has 0 aliphatic rings. The zero-order chi connectivity index (χ0) is 13.9. The van der Waals surface area contributed by atoms with E-state index in [0.717, 1.165) is 45.4 Å². The van der Waals surface area contributed by atoms with E-state index in [9.17, 15) is 0 Å². The minimum atomic E-state index is 0.204. The second-order valence-electron chi connectivity index (χ2n) is 4.16. The lowest BCUT2D eigenvalue weighted by Gasteiger charge is -2.07. The van der Waals surface area contributed by atoms with E-state index in [0.29, 0.717) is 11.9 Å². The highest BCUT2D eigenvalue weighted by Gasteiger charge is 2.03. The van der Waals surface area contributed by atoms with E-state index in [4.69, 9.17) is 16.3 Å². The number of hydrogen-bond acceptors (Lipinski definition) is 6. The van der Waals surface area contributed by atoms with Gasteiger partial charge in [0.05, 0.1) is 0 Å². The van der Waals surface area contributed by atoms with Crippen molar-refractivity contribution in [2.24, 2.45) is 0 Å². The Bertz CT molecular complexity index is 364. The highest BCUT2D eigenvalue weighted by Crippen LogP contribution is 2.09. The van der Waals surface area contributed by atoms with Crippen molar-refractivity contribution in [3.63, 3.8) is 0 Å². The lowest BCUT2D eigenvalue weighted by Crippen LogP contribution is -2.10. The summed E-state index contributed by atoms with van der Waals surface area (Å²) in [6, 6.07) is 0. The Hall–Kier alpha value is -1.14. The fourth-order valence-corrected chi connectivity index (χ4v) is 1.65. The molecule has 1 rings (SSSR count). The van der Waals surface area contributed by atoms with Crippen molar-refractivity contribution in [3.05, 3.63) is 5.28 Å². The Labute approximate surface area is 119 Å². The molecule has 0 aliphatic carbocycles. The number of anilines is 2. The molecule has 0 saturated carbocycles. The van der Waals surface area contributed by atoms with Gasteiger partial charge in [-0.2, -0.15) is 15.0 Å². The van der Waals surface area contributed by atoms with Crippen LogP contribution in [0.15, 0.2) is 0 Å². The van der Waals surface area contributed by atoms with Crippen LogP contribution < -0.4 is 10.6 Å². The predicted octanol–water partition coefficient (Wildman–Crippen LogP) is 2.58. The van der Waals surface area contributed by atoms with Gasteiger partial charge < -0.3 is 15.4 Å². The first-order chi connectivity index (χ1) is 9.26. The van der Waals surface area contributed by atoms with Gasteiger partial charge in [0.25, 0.3) is 0 Å². The summed E-state index contributed by atoms with van der Waals surface area (Å²) < 4.78 is 5.00. The number of hydrogen-bond donors (Lipinski definition) is 2. The van der Waals surface area contributed by atoms with Gasteiger partial charge in [0, 0.05) is 26.8 Å². The zero-order valence-electron chi connectivity index (χ0n) is 11.6. The highest BCUT2D eigenvalue weighted by molar-refractivity contribution is 6.28. The minimum Gasteiger partial charge on any atom is -0.385 e. The normalized spacial score (nSPS) is 10.5. The van der Waals surface area contributed by atoms with Gasteiger partial charge in [0.1, 0.15) is 0 Å². The molecule has 6 nitrogen and oxygen atoms in total. The molecule has 0 fully saturated rings. The van der Waals surface area contributed by atoms with Crippen molar-refractivity contribution in [1.82, 2.24) is 15.0 Å². The van der Waals surface area contributed by atoms with Crippen LogP contribution in [0, 0.1) is 0 Å². The quantitative estimate of drug-likeness (QED) is 0.645. The Morgan fingerprint density at radius 3 is 2.32 bits per heavy atom. The maximum Gasteiger partial charge on any atom is 0.228 e. The second kappa shape index (κ2) is 9.75. The summed E-state index contributed by atoms with van der Waals surface area (Å²) in [7, 11) is 1.72. The van der Waals surface area contributed by atoms with E-state index >= 15 is 0 Å². The number of methoxy groups -OCH3 is 1. The summed E-state index contributed by atoms with van der Waals surface area (Å²) in [5, 5.41) is 6.45. The molecule has 0 amide bonds. The lowest BCUT2D eigenvalue weighted by molar-refractivity contribution is 0.192. The number of nitrogens with one attached hydrogen (secondary N) is 2. The van der Waals surface area contributed by atoms with Crippen molar-refractivity contribution < 1.29 is 4.74 Å². The van der Waals surface area contributed by atoms with Gasteiger partial charge >= 0.3 is 0 Å². The maximum atomic E-state index is 5.85. The van der Waals surface area contributed by atoms with Gasteiger partial charge in [-0.3, -0.25) is 0 Å². The van der Waals surface area contributed by atoms with Crippen molar-refractivity contribution in [3.8, 4) is 0 Å². The number of ether oxygens (including phenoxy) is 1.